The van der Waals surface area contributed by atoms with E-state index >= 15 is 0 Å². The molecule has 0 radical (unpaired) electrons. The maximum absolute atomic E-state index is 13.0. The van der Waals surface area contributed by atoms with Crippen LogP contribution in [0.2, 0.25) is 0 Å². The average Bonchev–Trinajstić information content (AvgIpc) is 3.00. The van der Waals surface area contributed by atoms with Crippen LogP contribution in [0.1, 0.15) is 65.9 Å². The third-order valence-corrected chi connectivity index (χ3v) is 6.32. The largest absolute Gasteiger partial charge is 0.462 e. The second kappa shape index (κ2) is 8.70. The first-order valence-electron chi connectivity index (χ1n) is 9.72. The van der Waals surface area contributed by atoms with Gasteiger partial charge in [0.15, 0.2) is 0 Å². The van der Waals surface area contributed by atoms with Gasteiger partial charge in [-0.05, 0) is 49.7 Å². The van der Waals surface area contributed by atoms with Crippen LogP contribution in [0.3, 0.4) is 0 Å². The van der Waals surface area contributed by atoms with E-state index in [2.05, 4.69) is 12.2 Å². The second-order valence-electron chi connectivity index (χ2n) is 7.14. The Labute approximate surface area is 164 Å². The molecule has 2 aromatic rings. The minimum Gasteiger partial charge on any atom is -0.462 e. The summed E-state index contributed by atoms with van der Waals surface area (Å²) < 4.78 is 5.29. The lowest BCUT2D eigenvalue weighted by Crippen LogP contribution is -2.22. The number of ether oxygens (including phenoxy) is 1. The molecule has 1 aliphatic rings. The Morgan fingerprint density at radius 3 is 2.67 bits per heavy atom. The first-order chi connectivity index (χ1) is 13.0. The number of fused-ring (bicyclic) bond motifs is 1. The molecule has 3 rings (SSSR count). The van der Waals surface area contributed by atoms with E-state index in [0.29, 0.717) is 29.5 Å². The highest BCUT2D eigenvalue weighted by Crippen LogP contribution is 2.40. The van der Waals surface area contributed by atoms with Gasteiger partial charge in [0.05, 0.1) is 18.1 Å². The third kappa shape index (κ3) is 4.24. The molecule has 1 N–H and O–H groups in total. The van der Waals surface area contributed by atoms with E-state index in [1.54, 1.807) is 6.92 Å². The molecule has 1 aromatic carbocycles. The lowest BCUT2D eigenvalue weighted by molar-refractivity contribution is -0.117. The lowest BCUT2D eigenvalue weighted by Gasteiger charge is -2.18. The smallest absolute Gasteiger partial charge is 0.341 e. The first kappa shape index (κ1) is 19.6. The van der Waals surface area contributed by atoms with Crippen LogP contribution in [0.25, 0.3) is 0 Å². The standard InChI is InChI=1S/C22H27NO3S/c1-4-16(15-9-7-6-8-10-15)20(24)23-21-19(22(25)26-5-2)17-12-11-14(3)13-18(17)27-21/h6-10,14,16H,4-5,11-13H2,1-3H3,(H,23,24)/t14-,16-/m0/s1. The van der Waals surface area contributed by atoms with Crippen LogP contribution in [-0.4, -0.2) is 18.5 Å². The van der Waals surface area contributed by atoms with Crippen molar-refractivity contribution in [2.75, 3.05) is 11.9 Å². The molecule has 0 fully saturated rings. The van der Waals surface area contributed by atoms with Crippen LogP contribution < -0.4 is 5.32 Å². The predicted octanol–water partition coefficient (Wildman–Crippen LogP) is 5.18. The quantitative estimate of drug-likeness (QED) is 0.697. The number of thiophene rings is 1. The molecule has 2 atom stereocenters. The summed E-state index contributed by atoms with van der Waals surface area (Å²) in [6, 6.07) is 9.78. The topological polar surface area (TPSA) is 55.4 Å². The zero-order chi connectivity index (χ0) is 19.4. The van der Waals surface area contributed by atoms with Crippen molar-refractivity contribution in [3.05, 3.63) is 51.9 Å². The Kier molecular flexibility index (Phi) is 6.32. The van der Waals surface area contributed by atoms with Gasteiger partial charge in [0, 0.05) is 4.88 Å². The van der Waals surface area contributed by atoms with Gasteiger partial charge in [0.1, 0.15) is 5.00 Å². The highest BCUT2D eigenvalue weighted by molar-refractivity contribution is 7.17. The van der Waals surface area contributed by atoms with Gasteiger partial charge in [0.2, 0.25) is 5.91 Å². The van der Waals surface area contributed by atoms with E-state index in [1.807, 2.05) is 37.3 Å². The van der Waals surface area contributed by atoms with Gasteiger partial charge >= 0.3 is 5.97 Å². The molecule has 1 aliphatic carbocycles. The third-order valence-electron chi connectivity index (χ3n) is 5.15. The van der Waals surface area contributed by atoms with Gasteiger partial charge < -0.3 is 10.1 Å². The molecule has 144 valence electrons. The highest BCUT2D eigenvalue weighted by Gasteiger charge is 2.30. The molecule has 4 nitrogen and oxygen atoms in total. The van der Waals surface area contributed by atoms with Crippen molar-refractivity contribution < 1.29 is 14.3 Å². The van der Waals surface area contributed by atoms with Gasteiger partial charge in [0.25, 0.3) is 0 Å². The summed E-state index contributed by atoms with van der Waals surface area (Å²) in [6.45, 7) is 6.37. The molecule has 0 aliphatic heterocycles. The Morgan fingerprint density at radius 2 is 2.00 bits per heavy atom. The molecule has 1 amide bonds. The van der Waals surface area contributed by atoms with Gasteiger partial charge in [-0.2, -0.15) is 0 Å². The molecule has 0 saturated heterocycles. The van der Waals surface area contributed by atoms with Crippen molar-refractivity contribution in [1.82, 2.24) is 0 Å². The van der Waals surface area contributed by atoms with Crippen LogP contribution in [0.5, 0.6) is 0 Å². The van der Waals surface area contributed by atoms with Crippen molar-refractivity contribution in [3.8, 4) is 0 Å². The second-order valence-corrected chi connectivity index (χ2v) is 8.24. The number of hydrogen-bond acceptors (Lipinski definition) is 4. The van der Waals surface area contributed by atoms with E-state index < -0.39 is 0 Å². The zero-order valence-corrected chi connectivity index (χ0v) is 17.0. The van der Waals surface area contributed by atoms with Crippen LogP contribution in [0, 0.1) is 5.92 Å². The van der Waals surface area contributed by atoms with Crippen molar-refractivity contribution in [2.24, 2.45) is 5.92 Å². The fourth-order valence-corrected chi connectivity index (χ4v) is 5.12. The van der Waals surface area contributed by atoms with Crippen LogP contribution in [0.4, 0.5) is 5.00 Å². The summed E-state index contributed by atoms with van der Waals surface area (Å²) in [6.07, 6.45) is 3.59. The first-order valence-corrected chi connectivity index (χ1v) is 10.5. The van der Waals surface area contributed by atoms with Crippen molar-refractivity contribution >= 4 is 28.2 Å². The van der Waals surface area contributed by atoms with E-state index in [1.165, 1.54) is 16.2 Å². The summed E-state index contributed by atoms with van der Waals surface area (Å²) in [7, 11) is 0. The molecule has 0 spiro atoms. The average molecular weight is 386 g/mol. The minimum atomic E-state index is -0.326. The maximum Gasteiger partial charge on any atom is 0.341 e. The van der Waals surface area contributed by atoms with E-state index in [-0.39, 0.29) is 17.8 Å². The number of hydrogen-bond donors (Lipinski definition) is 1. The van der Waals surface area contributed by atoms with E-state index in [9.17, 15) is 9.59 Å². The molecule has 0 unspecified atom stereocenters. The van der Waals surface area contributed by atoms with E-state index in [0.717, 1.165) is 30.4 Å². The molecule has 5 heteroatoms. The van der Waals surface area contributed by atoms with E-state index in [4.69, 9.17) is 4.74 Å². The Bertz CT molecular complexity index is 812. The fourth-order valence-electron chi connectivity index (χ4n) is 3.71. The van der Waals surface area contributed by atoms with Crippen LogP contribution in [-0.2, 0) is 22.4 Å². The fraction of sp³-hybridized carbons (Fsp3) is 0.455. The number of rotatable bonds is 6. The number of carbonyl (C=O) groups is 2. The molecular formula is C22H27NO3S. The number of amides is 1. The Balaban J connectivity index is 1.91. The summed E-state index contributed by atoms with van der Waals surface area (Å²) in [5.41, 5.74) is 2.63. The molecule has 27 heavy (non-hydrogen) atoms. The number of carbonyl (C=O) groups excluding carboxylic acids is 2. The Morgan fingerprint density at radius 1 is 1.26 bits per heavy atom. The van der Waals surface area contributed by atoms with Gasteiger partial charge in [-0.3, -0.25) is 4.79 Å². The van der Waals surface area contributed by atoms with Gasteiger partial charge in [-0.1, -0.05) is 44.2 Å². The molecular weight excluding hydrogens is 358 g/mol. The van der Waals surface area contributed by atoms with Gasteiger partial charge in [-0.15, -0.1) is 11.3 Å². The molecule has 1 heterocycles. The van der Waals surface area contributed by atoms with Crippen LogP contribution >= 0.6 is 11.3 Å². The normalized spacial score (nSPS) is 17.1. The van der Waals surface area contributed by atoms with Crippen LogP contribution in [0.15, 0.2) is 30.3 Å². The minimum absolute atomic E-state index is 0.0686. The lowest BCUT2D eigenvalue weighted by atomic mass is 9.88. The SMILES string of the molecule is CCOC(=O)c1c(NC(=O)[C@@H](CC)c2ccccc2)sc2c1CC[C@H](C)C2. The number of anilines is 1. The zero-order valence-electron chi connectivity index (χ0n) is 16.2. The summed E-state index contributed by atoms with van der Waals surface area (Å²) in [4.78, 5) is 26.8. The van der Waals surface area contributed by atoms with Crippen molar-refractivity contribution in [1.29, 1.82) is 0 Å². The number of esters is 1. The summed E-state index contributed by atoms with van der Waals surface area (Å²) in [5.74, 6) is -0.0322. The predicted molar refractivity (Wildman–Crippen MR) is 110 cm³/mol. The Hall–Kier alpha value is -2.14. The number of benzene rings is 1. The maximum atomic E-state index is 13.0. The molecule has 0 bridgehead atoms. The van der Waals surface area contributed by atoms with Crippen molar-refractivity contribution in [2.45, 2.75) is 52.4 Å². The highest BCUT2D eigenvalue weighted by atomic mass is 32.1. The van der Waals surface area contributed by atoms with Crippen molar-refractivity contribution in [3.63, 3.8) is 0 Å². The number of nitrogens with one attached hydrogen (secondary N) is 1. The molecule has 0 saturated carbocycles. The molecule has 1 aromatic heterocycles. The summed E-state index contributed by atoms with van der Waals surface area (Å²) in [5, 5.41) is 3.70. The summed E-state index contributed by atoms with van der Waals surface area (Å²) >= 11 is 1.54. The van der Waals surface area contributed by atoms with Gasteiger partial charge in [-0.25, -0.2) is 4.79 Å². The monoisotopic (exact) mass is 385 g/mol.